The van der Waals surface area contributed by atoms with Crippen LogP contribution in [0.2, 0.25) is 0 Å². The molecular weight excluding hydrogens is 393 g/mol. The number of aryl methyl sites for hydroxylation is 2. The molecular formula is C30H44FN. The topological polar surface area (TPSA) is 23.8 Å². The van der Waals surface area contributed by atoms with Gasteiger partial charge in [0.05, 0.1) is 0 Å². The van der Waals surface area contributed by atoms with Crippen LogP contribution >= 0.6 is 0 Å². The van der Waals surface area contributed by atoms with Crippen LogP contribution in [-0.4, -0.2) is 0 Å². The molecule has 2 saturated carbocycles. The maximum absolute atomic E-state index is 12.9. The van der Waals surface area contributed by atoms with Crippen LogP contribution in [-0.2, 0) is 12.8 Å². The predicted octanol–water partition coefficient (Wildman–Crippen LogP) is 9.12. The minimum absolute atomic E-state index is 0.614. The first-order valence-corrected chi connectivity index (χ1v) is 13.5. The lowest BCUT2D eigenvalue weighted by atomic mass is 9.68. The van der Waals surface area contributed by atoms with Crippen molar-refractivity contribution < 1.29 is 4.39 Å². The summed E-state index contributed by atoms with van der Waals surface area (Å²) in [5.74, 6) is 3.00. The highest BCUT2D eigenvalue weighted by molar-refractivity contribution is 5.22. The molecule has 0 heterocycles. The van der Waals surface area contributed by atoms with Gasteiger partial charge in [-0.05, 0) is 98.7 Å². The summed E-state index contributed by atoms with van der Waals surface area (Å²) < 4.78 is 12.9. The Kier molecular flexibility index (Phi) is 10.8. The normalized spacial score (nSPS) is 26.6. The molecule has 0 atom stereocenters. The molecule has 176 valence electrons. The Hall–Kier alpha value is -1.62. The van der Waals surface area contributed by atoms with Crippen LogP contribution in [0.25, 0.3) is 0 Å². The van der Waals surface area contributed by atoms with Crippen molar-refractivity contribution in [1.29, 1.82) is 5.26 Å². The second-order valence-corrected chi connectivity index (χ2v) is 10.6. The van der Waals surface area contributed by atoms with Gasteiger partial charge in [0.15, 0.2) is 5.83 Å². The lowest BCUT2D eigenvalue weighted by Crippen LogP contribution is -2.25. The van der Waals surface area contributed by atoms with Crippen LogP contribution in [0.1, 0.15) is 108 Å². The summed E-state index contributed by atoms with van der Waals surface area (Å²) in [7, 11) is 0. The fourth-order valence-corrected chi connectivity index (χ4v) is 6.31. The Labute approximate surface area is 196 Å². The van der Waals surface area contributed by atoms with Crippen LogP contribution in [0.5, 0.6) is 0 Å². The minimum Gasteiger partial charge on any atom is -0.195 e. The molecule has 3 rings (SSSR count). The number of unbranched alkanes of at least 4 members (excludes halogenated alkanes) is 1. The number of hydrogen-bond acceptors (Lipinski definition) is 1. The maximum atomic E-state index is 12.9. The number of hydrogen-bond donors (Lipinski definition) is 0. The van der Waals surface area contributed by atoms with Gasteiger partial charge in [-0.15, -0.1) is 0 Å². The largest absolute Gasteiger partial charge is 0.196 e. The van der Waals surface area contributed by atoms with E-state index >= 15 is 0 Å². The average molecular weight is 438 g/mol. The van der Waals surface area contributed by atoms with Gasteiger partial charge < -0.3 is 0 Å². The lowest BCUT2D eigenvalue weighted by Gasteiger charge is -2.38. The number of rotatable bonds is 11. The summed E-state index contributed by atoms with van der Waals surface area (Å²) >= 11 is 0. The third-order valence-corrected chi connectivity index (χ3v) is 8.34. The van der Waals surface area contributed by atoms with Gasteiger partial charge in [0.25, 0.3) is 0 Å². The highest BCUT2D eigenvalue weighted by Gasteiger charge is 2.30. The van der Waals surface area contributed by atoms with Crippen molar-refractivity contribution in [3.63, 3.8) is 0 Å². The summed E-state index contributed by atoms with van der Waals surface area (Å²) in [6, 6.07) is 10.9. The van der Waals surface area contributed by atoms with E-state index in [9.17, 15) is 4.39 Å². The molecule has 1 nitrogen and oxygen atoms in total. The zero-order valence-corrected chi connectivity index (χ0v) is 20.3. The molecule has 0 aromatic heterocycles. The molecule has 0 bridgehead atoms. The number of allylic oxidation sites excluding steroid dienone is 2. The second-order valence-electron chi connectivity index (χ2n) is 10.6. The molecule has 0 amide bonds. The van der Waals surface area contributed by atoms with Gasteiger partial charge in [0, 0.05) is 0 Å². The third kappa shape index (κ3) is 8.38. The minimum atomic E-state index is -0.614. The van der Waals surface area contributed by atoms with Crippen molar-refractivity contribution in [2.45, 2.75) is 110 Å². The van der Waals surface area contributed by atoms with Crippen LogP contribution in [0.3, 0.4) is 0 Å². The number of halogens is 1. The third-order valence-electron chi connectivity index (χ3n) is 8.34. The van der Waals surface area contributed by atoms with Crippen molar-refractivity contribution in [2.24, 2.45) is 23.7 Å². The molecule has 0 aliphatic heterocycles. The molecule has 2 heteroatoms. The van der Waals surface area contributed by atoms with E-state index in [0.29, 0.717) is 0 Å². The fraction of sp³-hybridized carbons (Fsp3) is 0.700. The first kappa shape index (κ1) is 25.0. The Balaban J connectivity index is 1.25. The van der Waals surface area contributed by atoms with Crippen LogP contribution in [0, 0.1) is 35.0 Å². The van der Waals surface area contributed by atoms with Crippen LogP contribution in [0.15, 0.2) is 36.2 Å². The molecule has 1 aromatic carbocycles. The summed E-state index contributed by atoms with van der Waals surface area (Å²) in [6.07, 6.45) is 22.3. The van der Waals surface area contributed by atoms with Crippen molar-refractivity contribution in [3.8, 4) is 6.07 Å². The van der Waals surface area contributed by atoms with Gasteiger partial charge in [-0.25, -0.2) is 0 Å². The van der Waals surface area contributed by atoms with Gasteiger partial charge >= 0.3 is 0 Å². The van der Waals surface area contributed by atoms with E-state index in [0.717, 1.165) is 36.5 Å². The quantitative estimate of drug-likeness (QED) is 0.250. The van der Waals surface area contributed by atoms with Crippen LogP contribution in [0.4, 0.5) is 4.39 Å². The van der Waals surface area contributed by atoms with Crippen LogP contribution < -0.4 is 0 Å². The molecule has 0 radical (unpaired) electrons. The van der Waals surface area contributed by atoms with E-state index in [1.807, 2.05) is 0 Å². The Bertz CT molecular complexity index is 712. The van der Waals surface area contributed by atoms with Gasteiger partial charge in [-0.1, -0.05) is 76.1 Å². The Morgan fingerprint density at radius 1 is 0.844 bits per heavy atom. The van der Waals surface area contributed by atoms with E-state index in [1.54, 1.807) is 6.07 Å². The van der Waals surface area contributed by atoms with Gasteiger partial charge in [-0.3, -0.25) is 0 Å². The summed E-state index contributed by atoms with van der Waals surface area (Å²) in [6.45, 7) is 2.25. The molecule has 2 aliphatic carbocycles. The molecule has 0 saturated heterocycles. The molecule has 2 fully saturated rings. The van der Waals surface area contributed by atoms with E-state index in [-0.39, 0.29) is 0 Å². The van der Waals surface area contributed by atoms with E-state index in [4.69, 9.17) is 5.26 Å². The molecule has 0 spiro atoms. The zero-order valence-electron chi connectivity index (χ0n) is 20.3. The zero-order chi connectivity index (χ0) is 22.6. The first-order chi connectivity index (χ1) is 15.7. The SMILES string of the molecule is CCCc1ccc(CCCC[C@H]2CC[C@H](C3CCC(CC/C=C(\F)C#N)CC3)CC2)cc1. The first-order valence-electron chi connectivity index (χ1n) is 13.5. The molecule has 2 aliphatic rings. The molecule has 32 heavy (non-hydrogen) atoms. The lowest BCUT2D eigenvalue weighted by molar-refractivity contribution is 0.140. The molecule has 0 unspecified atom stereocenters. The Morgan fingerprint density at radius 3 is 1.91 bits per heavy atom. The summed E-state index contributed by atoms with van der Waals surface area (Å²) in [5, 5.41) is 8.51. The Morgan fingerprint density at radius 2 is 1.38 bits per heavy atom. The van der Waals surface area contributed by atoms with Crippen molar-refractivity contribution in [3.05, 3.63) is 47.3 Å². The maximum Gasteiger partial charge on any atom is 0.196 e. The van der Waals surface area contributed by atoms with E-state index in [2.05, 4.69) is 31.2 Å². The molecule has 0 N–H and O–H groups in total. The number of nitrogens with zero attached hydrogens (tertiary/aromatic N) is 1. The molecule has 1 aromatic rings. The van der Waals surface area contributed by atoms with E-state index < -0.39 is 5.83 Å². The monoisotopic (exact) mass is 437 g/mol. The highest BCUT2D eigenvalue weighted by atomic mass is 19.1. The average Bonchev–Trinajstić information content (AvgIpc) is 2.84. The van der Waals surface area contributed by atoms with Gasteiger partial charge in [0.2, 0.25) is 0 Å². The fourth-order valence-electron chi connectivity index (χ4n) is 6.31. The second kappa shape index (κ2) is 13.8. The highest BCUT2D eigenvalue weighted by Crippen LogP contribution is 2.43. The van der Waals surface area contributed by atoms with Gasteiger partial charge in [0.1, 0.15) is 6.07 Å². The standard InChI is InChI=1S/C30H44FN/c1-2-6-24-11-13-25(14-12-24)7-3-4-8-26-15-19-28(20-16-26)29-21-17-27(18-22-29)9-5-10-30(31)23-32/h10-14,26-29H,2-9,15-22H2,1H3/b30-10-/t26-,27?,28-,29?. The van der Waals surface area contributed by atoms with Gasteiger partial charge in [-0.2, -0.15) is 9.65 Å². The van der Waals surface area contributed by atoms with E-state index in [1.165, 1.54) is 107 Å². The summed E-state index contributed by atoms with van der Waals surface area (Å²) in [5.41, 5.74) is 2.99. The number of nitriles is 1. The smallest absolute Gasteiger partial charge is 0.195 e. The predicted molar refractivity (Wildman–Crippen MR) is 133 cm³/mol. The van der Waals surface area contributed by atoms with Crippen molar-refractivity contribution in [2.75, 3.05) is 0 Å². The summed E-state index contributed by atoms with van der Waals surface area (Å²) in [4.78, 5) is 0. The van der Waals surface area contributed by atoms with Crippen molar-refractivity contribution >= 4 is 0 Å². The number of benzene rings is 1. The van der Waals surface area contributed by atoms with Crippen molar-refractivity contribution in [1.82, 2.24) is 0 Å².